The molecular weight excluding hydrogens is 251 g/mol. The predicted molar refractivity (Wildman–Crippen MR) is 64.9 cm³/mol. The van der Waals surface area contributed by atoms with Gasteiger partial charge in [-0.15, -0.1) is 10.2 Å². The maximum absolute atomic E-state index is 13.5. The molecule has 1 heterocycles. The number of nitrogens with one attached hydrogen (secondary N) is 1. The SMILES string of the molecule is CC(NC(=O)c1c(O)cccc1F)c1nncn1C. The number of aromatic hydroxyl groups is 1. The van der Waals surface area contributed by atoms with Crippen LogP contribution in [0.25, 0.3) is 0 Å². The maximum Gasteiger partial charge on any atom is 0.258 e. The Hall–Kier alpha value is -2.44. The monoisotopic (exact) mass is 264 g/mol. The van der Waals surface area contributed by atoms with Crippen molar-refractivity contribution in [2.45, 2.75) is 13.0 Å². The first-order valence-corrected chi connectivity index (χ1v) is 5.63. The van der Waals surface area contributed by atoms with Gasteiger partial charge in [-0.3, -0.25) is 4.79 Å². The van der Waals surface area contributed by atoms with E-state index in [2.05, 4.69) is 15.5 Å². The van der Waals surface area contributed by atoms with Crippen LogP contribution in [-0.2, 0) is 7.05 Å². The second kappa shape index (κ2) is 5.05. The molecule has 2 rings (SSSR count). The third-order valence-electron chi connectivity index (χ3n) is 2.70. The van der Waals surface area contributed by atoms with Gasteiger partial charge in [-0.1, -0.05) is 6.07 Å². The lowest BCUT2D eigenvalue weighted by Gasteiger charge is -2.13. The summed E-state index contributed by atoms with van der Waals surface area (Å²) in [5.41, 5.74) is -0.378. The number of aromatic nitrogens is 3. The van der Waals surface area contributed by atoms with E-state index in [1.54, 1.807) is 18.5 Å². The second-order valence-electron chi connectivity index (χ2n) is 4.13. The molecule has 2 aromatic rings. The van der Waals surface area contributed by atoms with Crippen LogP contribution in [0.15, 0.2) is 24.5 Å². The fraction of sp³-hybridized carbons (Fsp3) is 0.250. The number of hydrogen-bond acceptors (Lipinski definition) is 4. The summed E-state index contributed by atoms with van der Waals surface area (Å²) in [6.45, 7) is 1.69. The summed E-state index contributed by atoms with van der Waals surface area (Å²) in [5.74, 6) is -1.35. The van der Waals surface area contributed by atoms with Crippen LogP contribution in [0, 0.1) is 5.82 Å². The zero-order chi connectivity index (χ0) is 14.0. The molecule has 6 nitrogen and oxygen atoms in total. The fourth-order valence-electron chi connectivity index (χ4n) is 1.76. The smallest absolute Gasteiger partial charge is 0.258 e. The van der Waals surface area contributed by atoms with Crippen molar-refractivity contribution in [2.24, 2.45) is 7.05 Å². The van der Waals surface area contributed by atoms with Crippen molar-refractivity contribution >= 4 is 5.91 Å². The van der Waals surface area contributed by atoms with Crippen molar-refractivity contribution in [2.75, 3.05) is 0 Å². The molecule has 1 amide bonds. The van der Waals surface area contributed by atoms with E-state index in [-0.39, 0.29) is 5.56 Å². The highest BCUT2D eigenvalue weighted by Crippen LogP contribution is 2.20. The topological polar surface area (TPSA) is 80.0 Å². The van der Waals surface area contributed by atoms with Gasteiger partial charge in [0.2, 0.25) is 0 Å². The van der Waals surface area contributed by atoms with E-state index < -0.39 is 23.5 Å². The minimum absolute atomic E-state index is 0.378. The van der Waals surface area contributed by atoms with Crippen molar-refractivity contribution in [1.29, 1.82) is 0 Å². The number of nitrogens with zero attached hydrogens (tertiary/aromatic N) is 3. The predicted octanol–water partition coefficient (Wildman–Crippen LogP) is 1.15. The molecule has 19 heavy (non-hydrogen) atoms. The Bertz CT molecular complexity index is 591. The first-order valence-electron chi connectivity index (χ1n) is 5.63. The molecule has 1 aromatic carbocycles. The molecule has 7 heteroatoms. The van der Waals surface area contributed by atoms with Crippen molar-refractivity contribution in [3.05, 3.63) is 41.7 Å². The largest absolute Gasteiger partial charge is 0.507 e. The summed E-state index contributed by atoms with van der Waals surface area (Å²) >= 11 is 0. The van der Waals surface area contributed by atoms with E-state index in [0.29, 0.717) is 5.82 Å². The van der Waals surface area contributed by atoms with E-state index in [1.807, 2.05) is 0 Å². The molecule has 0 saturated carbocycles. The molecule has 1 unspecified atom stereocenters. The standard InChI is InChI=1S/C12H13FN4O2/c1-7(11-16-14-6-17(11)2)15-12(19)10-8(13)4-3-5-9(10)18/h3-7,18H,1-2H3,(H,15,19). The number of aryl methyl sites for hydroxylation is 1. The minimum atomic E-state index is -0.775. The van der Waals surface area contributed by atoms with Crippen LogP contribution in [0.3, 0.4) is 0 Å². The molecular formula is C12H13FN4O2. The third-order valence-corrected chi connectivity index (χ3v) is 2.70. The van der Waals surface area contributed by atoms with Gasteiger partial charge in [0, 0.05) is 7.05 Å². The Labute approximate surface area is 108 Å². The number of hydrogen-bond donors (Lipinski definition) is 2. The molecule has 0 spiro atoms. The van der Waals surface area contributed by atoms with Crippen LogP contribution in [0.1, 0.15) is 29.1 Å². The van der Waals surface area contributed by atoms with E-state index >= 15 is 0 Å². The number of amides is 1. The van der Waals surface area contributed by atoms with Crippen LogP contribution in [-0.4, -0.2) is 25.8 Å². The Morgan fingerprint density at radius 1 is 1.53 bits per heavy atom. The summed E-state index contributed by atoms with van der Waals surface area (Å²) in [4.78, 5) is 11.9. The van der Waals surface area contributed by atoms with Gasteiger partial charge in [-0.2, -0.15) is 0 Å². The third kappa shape index (κ3) is 2.54. The molecule has 0 aliphatic heterocycles. The van der Waals surface area contributed by atoms with Crippen LogP contribution < -0.4 is 5.32 Å². The fourth-order valence-corrected chi connectivity index (χ4v) is 1.76. The van der Waals surface area contributed by atoms with E-state index in [1.165, 1.54) is 18.5 Å². The lowest BCUT2D eigenvalue weighted by Crippen LogP contribution is -2.29. The number of halogens is 1. The molecule has 0 aliphatic rings. The lowest BCUT2D eigenvalue weighted by atomic mass is 10.1. The zero-order valence-corrected chi connectivity index (χ0v) is 10.5. The first-order chi connectivity index (χ1) is 9.00. The molecule has 0 radical (unpaired) electrons. The second-order valence-corrected chi connectivity index (χ2v) is 4.13. The molecule has 0 saturated heterocycles. The van der Waals surface area contributed by atoms with Gasteiger partial charge < -0.3 is 15.0 Å². The average molecular weight is 264 g/mol. The van der Waals surface area contributed by atoms with Gasteiger partial charge in [0.25, 0.3) is 5.91 Å². The van der Waals surface area contributed by atoms with Crippen molar-refractivity contribution < 1.29 is 14.3 Å². The number of phenolic OH excluding ortho intramolecular Hbond substituents is 1. The Balaban J connectivity index is 2.20. The maximum atomic E-state index is 13.5. The molecule has 0 fully saturated rings. The number of benzene rings is 1. The summed E-state index contributed by atoms with van der Waals surface area (Å²) in [5, 5.41) is 19.6. The summed E-state index contributed by atoms with van der Waals surface area (Å²) < 4.78 is 15.2. The van der Waals surface area contributed by atoms with Crippen LogP contribution in [0.5, 0.6) is 5.75 Å². The minimum Gasteiger partial charge on any atom is -0.507 e. The number of carbonyl (C=O) groups excluding carboxylic acids is 1. The molecule has 0 bridgehead atoms. The Morgan fingerprint density at radius 2 is 2.26 bits per heavy atom. The number of carbonyl (C=O) groups is 1. The van der Waals surface area contributed by atoms with Gasteiger partial charge in [-0.25, -0.2) is 4.39 Å². The van der Waals surface area contributed by atoms with Crippen molar-refractivity contribution in [1.82, 2.24) is 20.1 Å². The average Bonchev–Trinajstić information content (AvgIpc) is 2.75. The summed E-state index contributed by atoms with van der Waals surface area (Å²) in [7, 11) is 1.73. The molecule has 1 aromatic heterocycles. The van der Waals surface area contributed by atoms with Crippen LogP contribution >= 0.6 is 0 Å². The van der Waals surface area contributed by atoms with E-state index in [9.17, 15) is 14.3 Å². The van der Waals surface area contributed by atoms with Crippen LogP contribution in [0.4, 0.5) is 4.39 Å². The highest BCUT2D eigenvalue weighted by molar-refractivity contribution is 5.97. The van der Waals surface area contributed by atoms with Gasteiger partial charge >= 0.3 is 0 Å². The highest BCUT2D eigenvalue weighted by Gasteiger charge is 2.20. The Kier molecular flexibility index (Phi) is 3.46. The number of rotatable bonds is 3. The lowest BCUT2D eigenvalue weighted by molar-refractivity contribution is 0.0931. The van der Waals surface area contributed by atoms with Crippen LogP contribution in [0.2, 0.25) is 0 Å². The highest BCUT2D eigenvalue weighted by atomic mass is 19.1. The van der Waals surface area contributed by atoms with Crippen molar-refractivity contribution in [3.8, 4) is 5.75 Å². The summed E-state index contributed by atoms with van der Waals surface area (Å²) in [6.07, 6.45) is 1.50. The van der Waals surface area contributed by atoms with Gasteiger partial charge in [0.05, 0.1) is 6.04 Å². The summed E-state index contributed by atoms with van der Waals surface area (Å²) in [6, 6.07) is 3.24. The van der Waals surface area contributed by atoms with E-state index in [0.717, 1.165) is 6.07 Å². The number of phenols is 1. The van der Waals surface area contributed by atoms with E-state index in [4.69, 9.17) is 0 Å². The Morgan fingerprint density at radius 3 is 2.84 bits per heavy atom. The molecule has 1 atom stereocenters. The molecule has 2 N–H and O–H groups in total. The van der Waals surface area contributed by atoms with Gasteiger partial charge in [0.15, 0.2) is 5.82 Å². The van der Waals surface area contributed by atoms with Gasteiger partial charge in [-0.05, 0) is 19.1 Å². The van der Waals surface area contributed by atoms with Gasteiger partial charge in [0.1, 0.15) is 23.5 Å². The molecule has 100 valence electrons. The normalized spacial score (nSPS) is 12.2. The zero-order valence-electron chi connectivity index (χ0n) is 10.5. The van der Waals surface area contributed by atoms with Crippen molar-refractivity contribution in [3.63, 3.8) is 0 Å². The first kappa shape index (κ1) is 13.0. The molecule has 0 aliphatic carbocycles. The quantitative estimate of drug-likeness (QED) is 0.871.